The summed E-state index contributed by atoms with van der Waals surface area (Å²) >= 11 is 0. The number of aliphatic imine (C=N–C) groups is 1. The molecule has 0 aromatic carbocycles. The minimum atomic E-state index is 0.165. The van der Waals surface area contributed by atoms with Crippen molar-refractivity contribution in [1.29, 1.82) is 0 Å². The first kappa shape index (κ1) is 9.12. The molecule has 2 rings (SSSR count). The molecule has 0 spiro atoms. The normalized spacial score (nSPS) is 21.2. The number of anilines is 1. The van der Waals surface area contributed by atoms with E-state index in [-0.39, 0.29) is 6.17 Å². The third kappa shape index (κ3) is 1.60. The summed E-state index contributed by atoms with van der Waals surface area (Å²) in [5, 5.41) is 0. The number of hydrogen-bond donors (Lipinski definition) is 0. The van der Waals surface area contributed by atoms with Crippen LogP contribution in [0.3, 0.4) is 0 Å². The Bertz CT molecular complexity index is 319. The third-order valence-corrected chi connectivity index (χ3v) is 2.46. The van der Waals surface area contributed by atoms with Gasteiger partial charge >= 0.3 is 0 Å². The van der Waals surface area contributed by atoms with E-state index in [1.807, 2.05) is 19.3 Å². The van der Waals surface area contributed by atoms with Crippen molar-refractivity contribution in [3.63, 3.8) is 0 Å². The number of aromatic nitrogens is 2. The molecule has 4 nitrogen and oxygen atoms in total. The van der Waals surface area contributed by atoms with E-state index in [0.717, 1.165) is 30.9 Å². The zero-order chi connectivity index (χ0) is 9.97. The van der Waals surface area contributed by atoms with Gasteiger partial charge in [-0.15, -0.1) is 0 Å². The lowest BCUT2D eigenvalue weighted by molar-refractivity contribution is 0.692. The summed E-state index contributed by atoms with van der Waals surface area (Å²) in [4.78, 5) is 14.7. The van der Waals surface area contributed by atoms with Crippen LogP contribution in [-0.4, -0.2) is 29.4 Å². The van der Waals surface area contributed by atoms with Crippen LogP contribution < -0.4 is 4.90 Å². The fraction of sp³-hybridized carbons (Fsp3) is 0.500. The number of nitrogens with zero attached hydrogens (tertiary/aromatic N) is 4. The van der Waals surface area contributed by atoms with Crippen molar-refractivity contribution < 1.29 is 0 Å². The number of hydrogen-bond acceptors (Lipinski definition) is 4. The molecule has 0 saturated carbocycles. The van der Waals surface area contributed by atoms with Gasteiger partial charge in [0.15, 0.2) is 0 Å². The van der Waals surface area contributed by atoms with Crippen LogP contribution in [0.25, 0.3) is 0 Å². The van der Waals surface area contributed by atoms with Gasteiger partial charge in [-0.3, -0.25) is 4.99 Å². The minimum absolute atomic E-state index is 0.165. The van der Waals surface area contributed by atoms with Gasteiger partial charge in [0, 0.05) is 18.9 Å². The highest BCUT2D eigenvalue weighted by Gasteiger charge is 2.24. The monoisotopic (exact) mass is 190 g/mol. The van der Waals surface area contributed by atoms with Gasteiger partial charge in [-0.2, -0.15) is 0 Å². The molecule has 2 heterocycles. The summed E-state index contributed by atoms with van der Waals surface area (Å²) in [5.74, 6) is 0.769. The van der Waals surface area contributed by atoms with Gasteiger partial charge < -0.3 is 4.90 Å². The molecule has 0 aliphatic carbocycles. The molecule has 74 valence electrons. The molecule has 1 saturated heterocycles. The Morgan fingerprint density at radius 1 is 1.50 bits per heavy atom. The minimum Gasteiger partial charge on any atom is -0.319 e. The first-order valence-electron chi connectivity index (χ1n) is 4.82. The molecule has 1 unspecified atom stereocenters. The first-order chi connectivity index (χ1) is 6.81. The number of rotatable bonds is 2. The van der Waals surface area contributed by atoms with Crippen LogP contribution in [-0.2, 0) is 0 Å². The highest BCUT2D eigenvalue weighted by molar-refractivity contribution is 5.35. The van der Waals surface area contributed by atoms with Crippen LogP contribution in [0.4, 0.5) is 5.95 Å². The van der Waals surface area contributed by atoms with Crippen LogP contribution in [0, 0.1) is 6.92 Å². The van der Waals surface area contributed by atoms with Gasteiger partial charge in [-0.25, -0.2) is 9.97 Å². The van der Waals surface area contributed by atoms with Crippen molar-refractivity contribution in [2.75, 3.05) is 11.4 Å². The highest BCUT2D eigenvalue weighted by Crippen LogP contribution is 2.22. The maximum atomic E-state index is 4.29. The van der Waals surface area contributed by atoms with Crippen molar-refractivity contribution in [2.45, 2.75) is 25.9 Å². The zero-order valence-corrected chi connectivity index (χ0v) is 8.35. The predicted octanol–water partition coefficient (Wildman–Crippen LogP) is 1.41. The van der Waals surface area contributed by atoms with E-state index < -0.39 is 0 Å². The summed E-state index contributed by atoms with van der Waals surface area (Å²) in [7, 11) is 0. The molecule has 0 bridgehead atoms. The number of aryl methyl sites for hydroxylation is 1. The van der Waals surface area contributed by atoms with Crippen LogP contribution in [0.15, 0.2) is 17.4 Å². The van der Waals surface area contributed by atoms with Gasteiger partial charge in [0.1, 0.15) is 6.17 Å². The standard InChI is InChI=1S/C10H14N4/c1-8-6-12-10(13-7-8)14-5-3-4-9(14)11-2/h6-7,9H,2-5H2,1H3. The average molecular weight is 190 g/mol. The zero-order valence-electron chi connectivity index (χ0n) is 8.35. The van der Waals surface area contributed by atoms with Crippen LogP contribution in [0.2, 0.25) is 0 Å². The fourth-order valence-electron chi connectivity index (χ4n) is 1.71. The quantitative estimate of drug-likeness (QED) is 0.662. The van der Waals surface area contributed by atoms with Gasteiger partial charge in [0.2, 0.25) is 5.95 Å². The van der Waals surface area contributed by atoms with E-state index >= 15 is 0 Å². The maximum absolute atomic E-state index is 4.29. The van der Waals surface area contributed by atoms with Gasteiger partial charge in [-0.1, -0.05) is 0 Å². The molecule has 0 N–H and O–H groups in total. The second-order valence-corrected chi connectivity index (χ2v) is 3.56. The van der Waals surface area contributed by atoms with Crippen molar-refractivity contribution in [3.05, 3.63) is 18.0 Å². The Hall–Kier alpha value is -1.45. The second-order valence-electron chi connectivity index (χ2n) is 3.56. The molecule has 1 aromatic heterocycles. The van der Waals surface area contributed by atoms with Crippen LogP contribution in [0.5, 0.6) is 0 Å². The van der Waals surface area contributed by atoms with Crippen LogP contribution >= 0.6 is 0 Å². The summed E-state index contributed by atoms with van der Waals surface area (Å²) in [6.45, 7) is 6.55. The molecule has 14 heavy (non-hydrogen) atoms. The lowest BCUT2D eigenvalue weighted by atomic mass is 10.3. The van der Waals surface area contributed by atoms with Crippen molar-refractivity contribution in [1.82, 2.24) is 9.97 Å². The summed E-state index contributed by atoms with van der Waals surface area (Å²) in [5.41, 5.74) is 1.08. The predicted molar refractivity (Wildman–Crippen MR) is 56.7 cm³/mol. The van der Waals surface area contributed by atoms with E-state index in [1.165, 1.54) is 0 Å². The molecule has 1 aliphatic rings. The highest BCUT2D eigenvalue weighted by atomic mass is 15.3. The molecular weight excluding hydrogens is 176 g/mol. The Labute approximate surface area is 83.7 Å². The second kappa shape index (κ2) is 3.74. The summed E-state index contributed by atoms with van der Waals surface area (Å²) < 4.78 is 0. The molecule has 1 atom stereocenters. The molecule has 4 heteroatoms. The Morgan fingerprint density at radius 3 is 2.86 bits per heavy atom. The largest absolute Gasteiger partial charge is 0.319 e. The molecule has 0 radical (unpaired) electrons. The summed E-state index contributed by atoms with van der Waals surface area (Å²) in [6, 6.07) is 0. The van der Waals surface area contributed by atoms with Crippen molar-refractivity contribution in [3.8, 4) is 0 Å². The molecule has 1 aromatic rings. The molecular formula is C10H14N4. The maximum Gasteiger partial charge on any atom is 0.226 e. The summed E-state index contributed by atoms with van der Waals surface area (Å²) in [6.07, 6.45) is 6.03. The van der Waals surface area contributed by atoms with Crippen LogP contribution in [0.1, 0.15) is 18.4 Å². The van der Waals surface area contributed by atoms with E-state index in [0.29, 0.717) is 0 Å². The fourth-order valence-corrected chi connectivity index (χ4v) is 1.71. The Kier molecular flexibility index (Phi) is 2.43. The van der Waals surface area contributed by atoms with E-state index in [4.69, 9.17) is 0 Å². The first-order valence-corrected chi connectivity index (χ1v) is 4.82. The Balaban J connectivity index is 2.21. The SMILES string of the molecule is C=NC1CCCN1c1ncc(C)cn1. The van der Waals surface area contributed by atoms with Crippen molar-refractivity contribution >= 4 is 12.7 Å². The lowest BCUT2D eigenvalue weighted by Gasteiger charge is -2.20. The average Bonchev–Trinajstić information content (AvgIpc) is 2.67. The lowest BCUT2D eigenvalue weighted by Crippen LogP contribution is -2.28. The molecule has 0 amide bonds. The van der Waals surface area contributed by atoms with E-state index in [9.17, 15) is 0 Å². The van der Waals surface area contributed by atoms with Crippen molar-refractivity contribution in [2.24, 2.45) is 4.99 Å². The topological polar surface area (TPSA) is 41.4 Å². The molecule has 1 fully saturated rings. The molecule has 1 aliphatic heterocycles. The van der Waals surface area contributed by atoms with Gasteiger partial charge in [-0.05, 0) is 32.0 Å². The van der Waals surface area contributed by atoms with Gasteiger partial charge in [0.05, 0.1) is 0 Å². The van der Waals surface area contributed by atoms with E-state index in [2.05, 4.69) is 26.6 Å². The Morgan fingerprint density at radius 2 is 2.21 bits per heavy atom. The van der Waals surface area contributed by atoms with Gasteiger partial charge in [0.25, 0.3) is 0 Å². The van der Waals surface area contributed by atoms with E-state index in [1.54, 1.807) is 0 Å². The third-order valence-electron chi connectivity index (χ3n) is 2.46. The smallest absolute Gasteiger partial charge is 0.226 e.